The molecule has 10 nitrogen and oxygen atoms in total. The summed E-state index contributed by atoms with van der Waals surface area (Å²) in [6.45, 7) is 1.21. The maximum absolute atomic E-state index is 13.7. The van der Waals surface area contributed by atoms with Gasteiger partial charge >= 0.3 is 0 Å². The van der Waals surface area contributed by atoms with E-state index in [0.29, 0.717) is 58.0 Å². The Kier molecular flexibility index (Phi) is 9.08. The van der Waals surface area contributed by atoms with Gasteiger partial charge in [-0.25, -0.2) is 18.7 Å². The fourth-order valence-electron chi connectivity index (χ4n) is 4.78. The van der Waals surface area contributed by atoms with Crippen LogP contribution in [-0.4, -0.2) is 53.0 Å². The molecule has 2 aliphatic carbocycles. The van der Waals surface area contributed by atoms with Crippen LogP contribution < -0.4 is 26.4 Å². The third kappa shape index (κ3) is 6.87. The van der Waals surface area contributed by atoms with Gasteiger partial charge in [-0.05, 0) is 60.9 Å². The zero-order valence-corrected chi connectivity index (χ0v) is 24.3. The molecule has 2 amide bonds. The van der Waals surface area contributed by atoms with E-state index in [1.54, 1.807) is 11.1 Å². The van der Waals surface area contributed by atoms with Gasteiger partial charge in [0.1, 0.15) is 22.2 Å². The maximum atomic E-state index is 13.7. The highest BCUT2D eigenvalue weighted by Crippen LogP contribution is 2.42. The summed E-state index contributed by atoms with van der Waals surface area (Å²) in [5.41, 5.74) is 12.8. The molecule has 0 atom stereocenters. The van der Waals surface area contributed by atoms with Crippen LogP contribution in [0.1, 0.15) is 49.1 Å². The van der Waals surface area contributed by atoms with Crippen LogP contribution in [0.15, 0.2) is 41.7 Å². The van der Waals surface area contributed by atoms with Crippen molar-refractivity contribution >= 4 is 35.6 Å². The number of benzene rings is 1. The van der Waals surface area contributed by atoms with E-state index in [1.165, 1.54) is 31.1 Å². The van der Waals surface area contributed by atoms with Crippen molar-refractivity contribution in [2.24, 2.45) is 11.7 Å². The minimum Gasteiger partial charge on any atom is -0.494 e. The second-order valence-corrected chi connectivity index (χ2v) is 11.3. The fraction of sp³-hybridized carbons (Fsp3) is 0.367. The molecule has 224 valence electrons. The first-order valence-corrected chi connectivity index (χ1v) is 14.7. The standard InChI is InChI=1S/C29H28F2N6O2S.CH3NO/c1-39-24-15-33-23(25(30)31)13-22(24)21-12-20(37-11-10-35-29(8-9-29)28(37)38)7-5-18(21)16-40-27-26(32)36-19(14-34-27)6-4-17-2-3-17;2-1-3/h5,7,12-15,17,25,35H,2-3,8-11,16H2,1H3,(H2,32,36);1H,(H2,2,3). The number of alkyl halides is 2. The summed E-state index contributed by atoms with van der Waals surface area (Å²) in [5, 5.41) is 3.89. The van der Waals surface area contributed by atoms with Gasteiger partial charge in [-0.1, -0.05) is 23.7 Å². The number of primary amides is 1. The zero-order chi connectivity index (χ0) is 30.6. The number of nitrogens with two attached hydrogens (primary N) is 2. The Morgan fingerprint density at radius 2 is 2.00 bits per heavy atom. The van der Waals surface area contributed by atoms with Crippen LogP contribution in [0.2, 0.25) is 0 Å². The maximum Gasteiger partial charge on any atom is 0.280 e. The number of anilines is 2. The molecule has 5 N–H and O–H groups in total. The normalized spacial score (nSPS) is 16.7. The van der Waals surface area contributed by atoms with Crippen molar-refractivity contribution < 1.29 is 23.1 Å². The number of carbonyl (C=O) groups is 2. The van der Waals surface area contributed by atoms with Gasteiger partial charge in [0.05, 0.1) is 25.0 Å². The molecule has 6 rings (SSSR count). The number of rotatable bonds is 7. The lowest BCUT2D eigenvalue weighted by Gasteiger charge is -2.34. The number of nitrogen functional groups attached to an aromatic ring is 1. The van der Waals surface area contributed by atoms with Crippen molar-refractivity contribution in [1.82, 2.24) is 20.3 Å². The molecule has 1 aromatic carbocycles. The zero-order valence-electron chi connectivity index (χ0n) is 23.5. The monoisotopic (exact) mass is 607 g/mol. The van der Waals surface area contributed by atoms with E-state index in [4.69, 9.17) is 15.3 Å². The molecule has 1 aliphatic heterocycles. The van der Waals surface area contributed by atoms with Gasteiger partial charge in [0, 0.05) is 36.0 Å². The highest BCUT2D eigenvalue weighted by Gasteiger charge is 2.53. The molecule has 3 aromatic rings. The number of hydrogen-bond acceptors (Lipinski definition) is 9. The van der Waals surface area contributed by atoms with Gasteiger partial charge < -0.3 is 26.4 Å². The van der Waals surface area contributed by atoms with Gasteiger partial charge in [0.2, 0.25) is 12.3 Å². The third-order valence-electron chi connectivity index (χ3n) is 7.34. The number of nitrogens with one attached hydrogen (secondary N) is 1. The molecule has 13 heteroatoms. The van der Waals surface area contributed by atoms with Crippen molar-refractivity contribution in [3.8, 4) is 28.7 Å². The van der Waals surface area contributed by atoms with Crippen LogP contribution >= 0.6 is 11.8 Å². The van der Waals surface area contributed by atoms with E-state index in [9.17, 15) is 13.6 Å². The number of thioether (sulfide) groups is 1. The first kappa shape index (κ1) is 30.2. The number of ether oxygens (including phenoxy) is 1. The Morgan fingerprint density at radius 1 is 1.23 bits per heavy atom. The second-order valence-electron chi connectivity index (χ2n) is 10.3. The van der Waals surface area contributed by atoms with Gasteiger partial charge in [0.25, 0.3) is 6.43 Å². The van der Waals surface area contributed by atoms with E-state index in [1.807, 2.05) is 18.2 Å². The summed E-state index contributed by atoms with van der Waals surface area (Å²) in [5.74, 6) is 7.73. The van der Waals surface area contributed by atoms with E-state index < -0.39 is 12.0 Å². The Balaban J connectivity index is 0.00000118. The number of pyridine rings is 1. The number of aromatic nitrogens is 3. The predicted molar refractivity (Wildman–Crippen MR) is 159 cm³/mol. The quantitative estimate of drug-likeness (QED) is 0.208. The van der Waals surface area contributed by atoms with E-state index >= 15 is 0 Å². The number of methoxy groups -OCH3 is 1. The van der Waals surface area contributed by atoms with Gasteiger partial charge in [-0.3, -0.25) is 14.6 Å². The molecule has 3 fully saturated rings. The Bertz CT molecular complexity index is 1590. The predicted octanol–water partition coefficient (Wildman–Crippen LogP) is 3.69. The number of nitrogens with zero attached hydrogens (tertiary/aromatic N) is 4. The smallest absolute Gasteiger partial charge is 0.280 e. The third-order valence-corrected chi connectivity index (χ3v) is 8.38. The molecular weight excluding hydrogens is 576 g/mol. The highest BCUT2D eigenvalue weighted by molar-refractivity contribution is 7.98. The lowest BCUT2D eigenvalue weighted by atomic mass is 9.98. The number of halogens is 2. The molecule has 43 heavy (non-hydrogen) atoms. The summed E-state index contributed by atoms with van der Waals surface area (Å²) in [7, 11) is 1.47. The molecule has 3 aliphatic rings. The van der Waals surface area contributed by atoms with Crippen LogP contribution in [0.5, 0.6) is 5.75 Å². The number of carbonyl (C=O) groups excluding carboxylic acids is 2. The number of hydrogen-bond donors (Lipinski definition) is 3. The lowest BCUT2D eigenvalue weighted by Crippen LogP contribution is -2.57. The van der Waals surface area contributed by atoms with E-state index in [0.717, 1.165) is 31.2 Å². The average Bonchev–Trinajstić information content (AvgIpc) is 3.94. The Labute approximate surface area is 252 Å². The molecule has 3 heterocycles. The van der Waals surface area contributed by atoms with Crippen LogP contribution in [0.3, 0.4) is 0 Å². The molecule has 0 unspecified atom stereocenters. The van der Waals surface area contributed by atoms with Crippen LogP contribution in [-0.2, 0) is 15.3 Å². The van der Waals surface area contributed by atoms with Crippen molar-refractivity contribution in [2.45, 2.75) is 48.4 Å². The summed E-state index contributed by atoms with van der Waals surface area (Å²) in [6, 6.07) is 7.02. The minimum atomic E-state index is -2.74. The topological polar surface area (TPSA) is 149 Å². The van der Waals surface area contributed by atoms with Gasteiger partial charge in [-0.15, -0.1) is 0 Å². The first-order chi connectivity index (χ1) is 20.8. The Hall–Kier alpha value is -4.28. The van der Waals surface area contributed by atoms with Gasteiger partial charge in [-0.2, -0.15) is 0 Å². The minimum absolute atomic E-state index is 0.0368. The van der Waals surface area contributed by atoms with Crippen LogP contribution in [0.4, 0.5) is 20.3 Å². The Morgan fingerprint density at radius 3 is 2.65 bits per heavy atom. The van der Waals surface area contributed by atoms with Crippen LogP contribution in [0.25, 0.3) is 11.1 Å². The SMILES string of the molecule is COc1cnc(C(F)F)cc1-c1cc(N2CCNC3(CC3)C2=O)ccc1CSc1ncc(C#CC2CC2)nc1N.NC=O. The molecule has 2 saturated carbocycles. The van der Waals surface area contributed by atoms with E-state index in [2.05, 4.69) is 37.8 Å². The number of amides is 2. The lowest BCUT2D eigenvalue weighted by molar-refractivity contribution is -0.122. The number of piperazine rings is 1. The molecule has 1 saturated heterocycles. The molecule has 0 radical (unpaired) electrons. The molecule has 0 bridgehead atoms. The summed E-state index contributed by atoms with van der Waals surface area (Å²) in [4.78, 5) is 36.3. The molecule has 1 spiro atoms. The molecule has 2 aromatic heterocycles. The van der Waals surface area contributed by atoms with Crippen molar-refractivity contribution in [1.29, 1.82) is 0 Å². The average molecular weight is 608 g/mol. The van der Waals surface area contributed by atoms with Crippen LogP contribution in [0, 0.1) is 17.8 Å². The molecular formula is C30H31F2N7O3S. The summed E-state index contributed by atoms with van der Waals surface area (Å²) >= 11 is 1.39. The summed E-state index contributed by atoms with van der Waals surface area (Å²) in [6.07, 6.45) is 4.29. The summed E-state index contributed by atoms with van der Waals surface area (Å²) < 4.78 is 32.8. The second kappa shape index (κ2) is 12.9. The van der Waals surface area contributed by atoms with Crippen molar-refractivity contribution in [3.05, 3.63) is 53.6 Å². The van der Waals surface area contributed by atoms with Crippen molar-refractivity contribution in [2.75, 3.05) is 30.8 Å². The van der Waals surface area contributed by atoms with Crippen molar-refractivity contribution in [3.63, 3.8) is 0 Å². The largest absolute Gasteiger partial charge is 0.494 e. The van der Waals surface area contributed by atoms with E-state index in [-0.39, 0.29) is 23.8 Å². The first-order valence-electron chi connectivity index (χ1n) is 13.7. The van der Waals surface area contributed by atoms with Gasteiger partial charge in [0.15, 0.2) is 5.82 Å². The highest BCUT2D eigenvalue weighted by atomic mass is 32.2. The fourth-order valence-corrected chi connectivity index (χ4v) is 5.64.